The normalized spacial score (nSPS) is 18.5. The molecule has 2 N–H and O–H groups in total. The topological polar surface area (TPSA) is 79.4 Å². The van der Waals surface area contributed by atoms with Gasteiger partial charge in [-0.3, -0.25) is 14.9 Å². The van der Waals surface area contributed by atoms with Crippen molar-refractivity contribution in [3.63, 3.8) is 0 Å². The van der Waals surface area contributed by atoms with Crippen molar-refractivity contribution < 1.29 is 9.53 Å². The summed E-state index contributed by atoms with van der Waals surface area (Å²) in [4.78, 5) is 24.1. The molecular formula is C25H28ClN5O2. The minimum atomic E-state index is -0.239. The predicted octanol–water partition coefficient (Wildman–Crippen LogP) is 4.63. The first-order valence-corrected chi connectivity index (χ1v) is 11.3. The number of likely N-dealkylation sites (tertiary alicyclic amines) is 1. The molecular weight excluding hydrogens is 438 g/mol. The first kappa shape index (κ1) is 23.0. The minimum absolute atomic E-state index is 0.0402. The number of anilines is 1. The third-order valence-electron chi connectivity index (χ3n) is 5.83. The summed E-state index contributed by atoms with van der Waals surface area (Å²) in [5.74, 6) is 0.751. The second kappa shape index (κ2) is 10.6. The van der Waals surface area contributed by atoms with E-state index in [2.05, 4.69) is 38.5 Å². The third-order valence-corrected chi connectivity index (χ3v) is 6.08. The van der Waals surface area contributed by atoms with Gasteiger partial charge >= 0.3 is 6.03 Å². The van der Waals surface area contributed by atoms with Crippen LogP contribution in [0.3, 0.4) is 0 Å². The number of rotatable bonds is 6. The molecule has 0 spiro atoms. The van der Waals surface area contributed by atoms with E-state index in [1.54, 1.807) is 37.6 Å². The number of pyridine rings is 2. The Morgan fingerprint density at radius 2 is 2.00 bits per heavy atom. The molecule has 7 nitrogen and oxygen atoms in total. The molecule has 3 heterocycles. The third kappa shape index (κ3) is 6.21. The number of aromatic nitrogens is 2. The quantitative estimate of drug-likeness (QED) is 0.555. The summed E-state index contributed by atoms with van der Waals surface area (Å²) in [6.07, 6.45) is 6.32. The number of methoxy groups -OCH3 is 1. The molecule has 1 aliphatic rings. The van der Waals surface area contributed by atoms with Crippen LogP contribution in [0.15, 0.2) is 61.1 Å². The van der Waals surface area contributed by atoms with E-state index in [9.17, 15) is 4.79 Å². The zero-order chi connectivity index (χ0) is 23.2. The molecule has 4 rings (SSSR count). The molecule has 0 aliphatic carbocycles. The monoisotopic (exact) mass is 465 g/mol. The predicted molar refractivity (Wildman–Crippen MR) is 130 cm³/mol. The molecule has 33 heavy (non-hydrogen) atoms. The number of urea groups is 1. The van der Waals surface area contributed by atoms with Gasteiger partial charge in [0.25, 0.3) is 0 Å². The number of aryl methyl sites for hydroxylation is 1. The Morgan fingerprint density at radius 1 is 1.18 bits per heavy atom. The van der Waals surface area contributed by atoms with E-state index in [1.165, 1.54) is 5.56 Å². The van der Waals surface area contributed by atoms with Gasteiger partial charge in [-0.2, -0.15) is 0 Å². The summed E-state index contributed by atoms with van der Waals surface area (Å²) in [5.41, 5.74) is 3.96. The molecule has 0 saturated carbocycles. The molecule has 2 atom stereocenters. The Labute approximate surface area is 199 Å². The zero-order valence-corrected chi connectivity index (χ0v) is 19.5. The lowest BCUT2D eigenvalue weighted by molar-refractivity contribution is 0.166. The van der Waals surface area contributed by atoms with Crippen LogP contribution in [0.1, 0.15) is 29.2 Å². The van der Waals surface area contributed by atoms with Crippen molar-refractivity contribution in [3.8, 4) is 5.75 Å². The maximum atomic E-state index is 12.7. The van der Waals surface area contributed by atoms with Gasteiger partial charge in [-0.05, 0) is 60.9 Å². The lowest BCUT2D eigenvalue weighted by atomic mass is 9.88. The van der Waals surface area contributed by atoms with Crippen molar-refractivity contribution in [2.45, 2.75) is 31.8 Å². The number of nitrogens with one attached hydrogen (secondary N) is 2. The fraction of sp³-hybridized carbons (Fsp3) is 0.320. The van der Waals surface area contributed by atoms with E-state index >= 15 is 0 Å². The number of amides is 2. The first-order chi connectivity index (χ1) is 16.0. The van der Waals surface area contributed by atoms with Gasteiger partial charge in [-0.1, -0.05) is 17.7 Å². The van der Waals surface area contributed by atoms with Crippen LogP contribution in [0.4, 0.5) is 10.5 Å². The van der Waals surface area contributed by atoms with Crippen molar-refractivity contribution in [2.75, 3.05) is 25.5 Å². The molecule has 8 heteroatoms. The fourth-order valence-electron chi connectivity index (χ4n) is 4.20. The van der Waals surface area contributed by atoms with Crippen LogP contribution in [-0.2, 0) is 6.54 Å². The Morgan fingerprint density at radius 3 is 2.70 bits per heavy atom. The zero-order valence-electron chi connectivity index (χ0n) is 18.8. The van der Waals surface area contributed by atoms with Gasteiger partial charge in [-0.25, -0.2) is 4.79 Å². The summed E-state index contributed by atoms with van der Waals surface area (Å²) in [5, 5.41) is 6.68. The summed E-state index contributed by atoms with van der Waals surface area (Å²) in [6.45, 7) is 4.51. The number of piperidine rings is 1. The highest BCUT2D eigenvalue weighted by Gasteiger charge is 2.32. The molecule has 2 aromatic heterocycles. The number of carbonyl (C=O) groups excluding carboxylic acids is 1. The highest BCUT2D eigenvalue weighted by molar-refractivity contribution is 6.30. The van der Waals surface area contributed by atoms with E-state index in [1.807, 2.05) is 24.5 Å². The fourth-order valence-corrected chi connectivity index (χ4v) is 4.32. The average molecular weight is 466 g/mol. The molecule has 1 aromatic carbocycles. The smallest absolute Gasteiger partial charge is 0.319 e. The highest BCUT2D eigenvalue weighted by atomic mass is 35.5. The summed E-state index contributed by atoms with van der Waals surface area (Å²) in [6, 6.07) is 12.8. The van der Waals surface area contributed by atoms with Gasteiger partial charge in [0.2, 0.25) is 0 Å². The van der Waals surface area contributed by atoms with Crippen molar-refractivity contribution in [1.29, 1.82) is 0 Å². The minimum Gasteiger partial charge on any atom is -0.495 e. The molecule has 0 unspecified atom stereocenters. The van der Waals surface area contributed by atoms with Crippen LogP contribution in [0, 0.1) is 6.92 Å². The second-order valence-electron chi connectivity index (χ2n) is 8.34. The number of hydrogen-bond acceptors (Lipinski definition) is 5. The molecule has 1 saturated heterocycles. The van der Waals surface area contributed by atoms with Crippen molar-refractivity contribution in [2.24, 2.45) is 0 Å². The molecule has 1 aliphatic heterocycles. The first-order valence-electron chi connectivity index (χ1n) is 11.0. The molecule has 172 valence electrons. The van der Waals surface area contributed by atoms with E-state index in [0.717, 1.165) is 37.3 Å². The molecule has 1 fully saturated rings. The van der Waals surface area contributed by atoms with E-state index in [0.29, 0.717) is 16.5 Å². The van der Waals surface area contributed by atoms with Gasteiger partial charge < -0.3 is 15.4 Å². The van der Waals surface area contributed by atoms with E-state index in [4.69, 9.17) is 16.3 Å². The van der Waals surface area contributed by atoms with Gasteiger partial charge in [0, 0.05) is 60.4 Å². The van der Waals surface area contributed by atoms with Crippen LogP contribution in [0.25, 0.3) is 0 Å². The Kier molecular flexibility index (Phi) is 7.42. The Hall–Kier alpha value is -3.16. The number of benzene rings is 1. The maximum Gasteiger partial charge on any atom is 0.319 e. The largest absolute Gasteiger partial charge is 0.495 e. The van der Waals surface area contributed by atoms with Gasteiger partial charge in [0.05, 0.1) is 13.3 Å². The number of ether oxygens (including phenoxy) is 1. The van der Waals surface area contributed by atoms with Gasteiger partial charge in [0.15, 0.2) is 0 Å². The summed E-state index contributed by atoms with van der Waals surface area (Å²) >= 11 is 5.94. The SMILES string of the molecule is COc1ccc([C@@H]2CN(Cc3cncc(C)c3)CC[C@H]2NC(=O)Nc2ccc(Cl)cc2)nc1. The lowest BCUT2D eigenvalue weighted by Crippen LogP contribution is -2.50. The maximum absolute atomic E-state index is 12.7. The molecule has 0 bridgehead atoms. The van der Waals surface area contributed by atoms with Crippen LogP contribution in [-0.4, -0.2) is 47.1 Å². The molecule has 0 radical (unpaired) electrons. The lowest BCUT2D eigenvalue weighted by Gasteiger charge is -2.38. The highest BCUT2D eigenvalue weighted by Crippen LogP contribution is 2.28. The number of carbonyl (C=O) groups is 1. The second-order valence-corrected chi connectivity index (χ2v) is 8.77. The molecule has 3 aromatic rings. The van der Waals surface area contributed by atoms with Crippen LogP contribution >= 0.6 is 11.6 Å². The standard InChI is InChI=1S/C25H28ClN5O2/c1-17-11-18(13-27-12-17)15-31-10-9-24(22(16-31)23-8-7-21(33-2)14-28-23)30-25(32)29-20-5-3-19(26)4-6-20/h3-8,11-14,22,24H,9-10,15-16H2,1-2H3,(H2,29,30,32)/t22-,24+/m0/s1. The Balaban J connectivity index is 1.48. The van der Waals surface area contributed by atoms with Crippen LogP contribution < -0.4 is 15.4 Å². The van der Waals surface area contributed by atoms with Crippen LogP contribution in [0.5, 0.6) is 5.75 Å². The number of hydrogen-bond donors (Lipinski definition) is 2. The average Bonchev–Trinajstić information content (AvgIpc) is 2.82. The van der Waals surface area contributed by atoms with Crippen molar-refractivity contribution >= 4 is 23.3 Å². The van der Waals surface area contributed by atoms with E-state index in [-0.39, 0.29) is 18.0 Å². The summed E-state index contributed by atoms with van der Waals surface area (Å²) in [7, 11) is 1.63. The van der Waals surface area contributed by atoms with Gasteiger partial charge in [-0.15, -0.1) is 0 Å². The number of halogens is 1. The summed E-state index contributed by atoms with van der Waals surface area (Å²) < 4.78 is 5.27. The molecule has 2 amide bonds. The van der Waals surface area contributed by atoms with Crippen molar-refractivity contribution in [3.05, 3.63) is 82.9 Å². The van der Waals surface area contributed by atoms with Crippen molar-refractivity contribution in [1.82, 2.24) is 20.2 Å². The number of nitrogens with zero attached hydrogens (tertiary/aromatic N) is 3. The van der Waals surface area contributed by atoms with Gasteiger partial charge in [0.1, 0.15) is 5.75 Å². The Bertz CT molecular complexity index is 1070. The van der Waals surface area contributed by atoms with E-state index < -0.39 is 0 Å². The van der Waals surface area contributed by atoms with Crippen LogP contribution in [0.2, 0.25) is 5.02 Å².